The number of hydrogen-bond acceptors (Lipinski definition) is 3. The maximum Gasteiger partial charge on any atom is 0.0923 e. The third-order valence-electron chi connectivity index (χ3n) is 3.82. The van der Waals surface area contributed by atoms with Gasteiger partial charge in [0.15, 0.2) is 0 Å². The van der Waals surface area contributed by atoms with Crippen molar-refractivity contribution in [2.24, 2.45) is 0 Å². The van der Waals surface area contributed by atoms with E-state index in [1.807, 2.05) is 26.4 Å². The standard InChI is InChI=1S/C19H21N3O/c1-21(2)18-8-4-6-16(14-18)15-5-3-7-17(13-15)19-9-10-22(20-19)11-12-23/h3-10,13-14,23H,11-12H2,1-2H3. The molecule has 3 rings (SSSR count). The van der Waals surface area contributed by atoms with Crippen LogP contribution in [-0.4, -0.2) is 35.6 Å². The van der Waals surface area contributed by atoms with Crippen LogP contribution in [0.25, 0.3) is 22.4 Å². The topological polar surface area (TPSA) is 41.3 Å². The summed E-state index contributed by atoms with van der Waals surface area (Å²) in [5.41, 5.74) is 5.54. The van der Waals surface area contributed by atoms with Gasteiger partial charge in [0, 0.05) is 31.5 Å². The predicted octanol–water partition coefficient (Wildman–Crippen LogP) is 3.28. The summed E-state index contributed by atoms with van der Waals surface area (Å²) < 4.78 is 1.76. The van der Waals surface area contributed by atoms with E-state index in [0.29, 0.717) is 6.54 Å². The normalized spacial score (nSPS) is 10.7. The minimum absolute atomic E-state index is 0.0957. The highest BCUT2D eigenvalue weighted by molar-refractivity contribution is 5.73. The summed E-state index contributed by atoms with van der Waals surface area (Å²) in [6.07, 6.45) is 1.89. The van der Waals surface area contributed by atoms with Crippen molar-refractivity contribution in [2.75, 3.05) is 25.6 Å². The van der Waals surface area contributed by atoms with Crippen LogP contribution in [0.5, 0.6) is 0 Å². The Morgan fingerprint density at radius 1 is 0.957 bits per heavy atom. The molecule has 0 amide bonds. The van der Waals surface area contributed by atoms with E-state index in [9.17, 15) is 0 Å². The summed E-state index contributed by atoms with van der Waals surface area (Å²) >= 11 is 0. The Labute approximate surface area is 136 Å². The lowest BCUT2D eigenvalue weighted by atomic mass is 10.0. The van der Waals surface area contributed by atoms with Crippen molar-refractivity contribution in [1.29, 1.82) is 0 Å². The molecule has 1 aromatic heterocycles. The van der Waals surface area contributed by atoms with E-state index < -0.39 is 0 Å². The van der Waals surface area contributed by atoms with Crippen molar-refractivity contribution in [1.82, 2.24) is 9.78 Å². The van der Waals surface area contributed by atoms with Crippen molar-refractivity contribution in [3.8, 4) is 22.4 Å². The van der Waals surface area contributed by atoms with Crippen LogP contribution in [0.4, 0.5) is 5.69 Å². The monoisotopic (exact) mass is 307 g/mol. The third kappa shape index (κ3) is 3.43. The maximum atomic E-state index is 9.00. The van der Waals surface area contributed by atoms with Gasteiger partial charge >= 0.3 is 0 Å². The Bertz CT molecular complexity index is 793. The average molecular weight is 307 g/mol. The van der Waals surface area contributed by atoms with Crippen LogP contribution in [0.3, 0.4) is 0 Å². The molecular weight excluding hydrogens is 286 g/mol. The molecule has 0 saturated carbocycles. The van der Waals surface area contributed by atoms with Crippen LogP contribution in [-0.2, 0) is 6.54 Å². The SMILES string of the molecule is CN(C)c1cccc(-c2cccc(-c3ccn(CCO)n3)c2)c1. The first-order valence-electron chi connectivity index (χ1n) is 7.70. The molecule has 118 valence electrons. The molecule has 0 saturated heterocycles. The molecule has 0 spiro atoms. The van der Waals surface area contributed by atoms with Gasteiger partial charge < -0.3 is 10.0 Å². The lowest BCUT2D eigenvalue weighted by Crippen LogP contribution is -2.08. The van der Waals surface area contributed by atoms with Crippen molar-refractivity contribution in [3.63, 3.8) is 0 Å². The minimum atomic E-state index is 0.0957. The van der Waals surface area contributed by atoms with E-state index >= 15 is 0 Å². The van der Waals surface area contributed by atoms with Gasteiger partial charge in [0.25, 0.3) is 0 Å². The number of aliphatic hydroxyl groups excluding tert-OH is 1. The van der Waals surface area contributed by atoms with Crippen molar-refractivity contribution >= 4 is 5.69 Å². The molecule has 3 aromatic rings. The summed E-state index contributed by atoms with van der Waals surface area (Å²) in [5.74, 6) is 0. The summed E-state index contributed by atoms with van der Waals surface area (Å²) in [7, 11) is 4.09. The molecule has 4 nitrogen and oxygen atoms in total. The minimum Gasteiger partial charge on any atom is -0.394 e. The number of benzene rings is 2. The highest BCUT2D eigenvalue weighted by Crippen LogP contribution is 2.27. The fraction of sp³-hybridized carbons (Fsp3) is 0.211. The van der Waals surface area contributed by atoms with Gasteiger partial charge in [0.2, 0.25) is 0 Å². The molecule has 2 aromatic carbocycles. The fourth-order valence-electron chi connectivity index (χ4n) is 2.56. The zero-order valence-electron chi connectivity index (χ0n) is 13.5. The molecule has 0 atom stereocenters. The average Bonchev–Trinajstić information content (AvgIpc) is 3.04. The number of nitrogens with zero attached hydrogens (tertiary/aromatic N) is 3. The van der Waals surface area contributed by atoms with E-state index in [2.05, 4.69) is 58.5 Å². The number of rotatable bonds is 5. The van der Waals surface area contributed by atoms with Gasteiger partial charge in [-0.2, -0.15) is 5.10 Å². The zero-order chi connectivity index (χ0) is 16.2. The quantitative estimate of drug-likeness (QED) is 0.786. The van der Waals surface area contributed by atoms with Crippen LogP contribution in [0.15, 0.2) is 60.8 Å². The van der Waals surface area contributed by atoms with Crippen LogP contribution in [0.1, 0.15) is 0 Å². The zero-order valence-corrected chi connectivity index (χ0v) is 13.5. The molecule has 0 aliphatic carbocycles. The number of hydrogen-bond donors (Lipinski definition) is 1. The maximum absolute atomic E-state index is 9.00. The summed E-state index contributed by atoms with van der Waals surface area (Å²) in [6.45, 7) is 0.614. The first-order valence-corrected chi connectivity index (χ1v) is 7.70. The molecule has 0 fully saturated rings. The van der Waals surface area contributed by atoms with E-state index in [0.717, 1.165) is 11.3 Å². The Kier molecular flexibility index (Phi) is 4.44. The van der Waals surface area contributed by atoms with E-state index in [4.69, 9.17) is 5.11 Å². The highest BCUT2D eigenvalue weighted by atomic mass is 16.3. The third-order valence-corrected chi connectivity index (χ3v) is 3.82. The van der Waals surface area contributed by atoms with Gasteiger partial charge in [-0.3, -0.25) is 4.68 Å². The second-order valence-electron chi connectivity index (χ2n) is 5.71. The van der Waals surface area contributed by atoms with Gasteiger partial charge in [-0.1, -0.05) is 30.3 Å². The van der Waals surface area contributed by atoms with Crippen molar-refractivity contribution in [2.45, 2.75) is 6.54 Å². The lowest BCUT2D eigenvalue weighted by molar-refractivity contribution is 0.269. The second-order valence-corrected chi connectivity index (χ2v) is 5.71. The molecule has 0 unspecified atom stereocenters. The Morgan fingerprint density at radius 2 is 1.65 bits per heavy atom. The molecular formula is C19H21N3O. The number of aromatic nitrogens is 2. The largest absolute Gasteiger partial charge is 0.394 e. The molecule has 1 N–H and O–H groups in total. The van der Waals surface area contributed by atoms with Gasteiger partial charge in [-0.25, -0.2) is 0 Å². The van der Waals surface area contributed by atoms with Crippen LogP contribution < -0.4 is 4.90 Å². The van der Waals surface area contributed by atoms with Gasteiger partial charge in [-0.15, -0.1) is 0 Å². The number of aliphatic hydroxyl groups is 1. The van der Waals surface area contributed by atoms with Crippen molar-refractivity contribution < 1.29 is 5.11 Å². The van der Waals surface area contributed by atoms with E-state index in [1.165, 1.54) is 16.8 Å². The molecule has 0 aliphatic rings. The summed E-state index contributed by atoms with van der Waals surface area (Å²) in [4.78, 5) is 2.10. The highest BCUT2D eigenvalue weighted by Gasteiger charge is 2.06. The predicted molar refractivity (Wildman–Crippen MR) is 94.5 cm³/mol. The number of anilines is 1. The summed E-state index contributed by atoms with van der Waals surface area (Å²) in [5, 5.41) is 13.5. The van der Waals surface area contributed by atoms with Crippen LogP contribution in [0, 0.1) is 0 Å². The molecule has 0 aliphatic heterocycles. The first kappa shape index (κ1) is 15.3. The van der Waals surface area contributed by atoms with E-state index in [-0.39, 0.29) is 6.61 Å². The molecule has 4 heteroatoms. The van der Waals surface area contributed by atoms with Crippen molar-refractivity contribution in [3.05, 3.63) is 60.8 Å². The van der Waals surface area contributed by atoms with Gasteiger partial charge in [-0.05, 0) is 35.4 Å². The Balaban J connectivity index is 1.94. The van der Waals surface area contributed by atoms with Gasteiger partial charge in [0.1, 0.15) is 0 Å². The fourth-order valence-corrected chi connectivity index (χ4v) is 2.56. The summed E-state index contributed by atoms with van der Waals surface area (Å²) in [6, 6.07) is 18.8. The second kappa shape index (κ2) is 6.67. The van der Waals surface area contributed by atoms with E-state index in [1.54, 1.807) is 4.68 Å². The van der Waals surface area contributed by atoms with Crippen LogP contribution in [0.2, 0.25) is 0 Å². The molecule has 23 heavy (non-hydrogen) atoms. The van der Waals surface area contributed by atoms with Gasteiger partial charge in [0.05, 0.1) is 18.8 Å². The smallest absolute Gasteiger partial charge is 0.0923 e. The molecule has 0 radical (unpaired) electrons. The first-order chi connectivity index (χ1) is 11.2. The lowest BCUT2D eigenvalue weighted by Gasteiger charge is -2.14. The van der Waals surface area contributed by atoms with Crippen LogP contribution >= 0.6 is 0 Å². The Hall–Kier alpha value is -2.59. The Morgan fingerprint density at radius 3 is 2.39 bits per heavy atom. The molecule has 0 bridgehead atoms. The molecule has 1 heterocycles.